The van der Waals surface area contributed by atoms with Gasteiger partial charge in [0.15, 0.2) is 0 Å². The first-order valence-corrected chi connectivity index (χ1v) is 5.48. The molecule has 0 saturated heterocycles. The van der Waals surface area contributed by atoms with Crippen molar-refractivity contribution in [2.45, 2.75) is 25.3 Å². The Morgan fingerprint density at radius 2 is 2.19 bits per heavy atom. The molecule has 86 valence electrons. The summed E-state index contributed by atoms with van der Waals surface area (Å²) < 4.78 is 0. The Balaban J connectivity index is 1.86. The van der Waals surface area contributed by atoms with E-state index in [-0.39, 0.29) is 12.6 Å². The summed E-state index contributed by atoms with van der Waals surface area (Å²) in [6.45, 7) is -0.0713. The van der Waals surface area contributed by atoms with Gasteiger partial charge in [0.25, 0.3) is 0 Å². The molecule has 1 amide bonds. The summed E-state index contributed by atoms with van der Waals surface area (Å²) in [6.07, 6.45) is 3.01. The number of carbonyl (C=O) groups excluding carboxylic acids is 1. The van der Waals surface area contributed by atoms with E-state index in [1.165, 1.54) is 11.1 Å². The number of hydrogen-bond donors (Lipinski definition) is 2. The predicted octanol–water partition coefficient (Wildman–Crippen LogP) is 0.550. The summed E-state index contributed by atoms with van der Waals surface area (Å²) in [6, 6.07) is 8.68. The second-order valence-electron chi connectivity index (χ2n) is 4.08. The highest BCUT2D eigenvalue weighted by Crippen LogP contribution is 2.20. The zero-order chi connectivity index (χ0) is 11.4. The third kappa shape index (κ3) is 2.81. The number of benzene rings is 1. The van der Waals surface area contributed by atoms with Crippen molar-refractivity contribution in [3.05, 3.63) is 35.4 Å². The molecule has 2 rings (SSSR count). The van der Waals surface area contributed by atoms with Crippen molar-refractivity contribution in [3.8, 4) is 0 Å². The van der Waals surface area contributed by atoms with E-state index in [2.05, 4.69) is 23.7 Å². The van der Waals surface area contributed by atoms with Crippen LogP contribution in [-0.4, -0.2) is 18.6 Å². The molecular formula is C12H16N2O2. The van der Waals surface area contributed by atoms with Crippen molar-refractivity contribution in [2.24, 2.45) is 5.73 Å². The average molecular weight is 220 g/mol. The Labute approximate surface area is 94.7 Å². The highest BCUT2D eigenvalue weighted by Gasteiger charge is 2.17. The first kappa shape index (κ1) is 11.1. The molecule has 1 aromatic rings. The van der Waals surface area contributed by atoms with Gasteiger partial charge in [0.05, 0.1) is 0 Å². The number of fused-ring (bicyclic) bond motifs is 1. The minimum atomic E-state index is -0.455. The first-order chi connectivity index (χ1) is 7.75. The lowest BCUT2D eigenvalue weighted by atomic mass is 9.89. The number of amides is 1. The molecule has 4 heteroatoms. The van der Waals surface area contributed by atoms with Gasteiger partial charge in [-0.1, -0.05) is 24.3 Å². The Morgan fingerprint density at radius 1 is 1.44 bits per heavy atom. The van der Waals surface area contributed by atoms with Gasteiger partial charge in [0.2, 0.25) is 5.91 Å². The molecular weight excluding hydrogens is 204 g/mol. The van der Waals surface area contributed by atoms with Crippen LogP contribution in [0.3, 0.4) is 0 Å². The number of carbonyl (C=O) groups is 1. The maximum Gasteiger partial charge on any atom is 0.245 e. The molecule has 1 aliphatic rings. The summed E-state index contributed by atoms with van der Waals surface area (Å²) in [5.74, 6) is -0.455. The normalized spacial score (nSPS) is 19.1. The molecule has 1 aromatic carbocycles. The van der Waals surface area contributed by atoms with Crippen molar-refractivity contribution >= 4 is 5.91 Å². The fourth-order valence-corrected chi connectivity index (χ4v) is 2.03. The third-order valence-electron chi connectivity index (χ3n) is 2.81. The zero-order valence-electron chi connectivity index (χ0n) is 9.11. The van der Waals surface area contributed by atoms with Gasteiger partial charge in [-0.3, -0.25) is 9.63 Å². The van der Waals surface area contributed by atoms with Crippen molar-refractivity contribution in [1.29, 1.82) is 0 Å². The maximum absolute atomic E-state index is 10.5. The van der Waals surface area contributed by atoms with Crippen LogP contribution in [0.15, 0.2) is 24.3 Å². The van der Waals surface area contributed by atoms with E-state index in [1.54, 1.807) is 0 Å². The van der Waals surface area contributed by atoms with Gasteiger partial charge in [0, 0.05) is 6.04 Å². The molecule has 0 fully saturated rings. The fraction of sp³-hybridized carbons (Fsp3) is 0.417. The lowest BCUT2D eigenvalue weighted by Gasteiger charge is -2.24. The van der Waals surface area contributed by atoms with Gasteiger partial charge in [-0.15, -0.1) is 0 Å². The molecule has 1 aliphatic carbocycles. The van der Waals surface area contributed by atoms with E-state index < -0.39 is 5.91 Å². The predicted molar refractivity (Wildman–Crippen MR) is 60.5 cm³/mol. The molecule has 0 aliphatic heterocycles. The quantitative estimate of drug-likeness (QED) is 0.728. The lowest BCUT2D eigenvalue weighted by Crippen LogP contribution is -2.36. The SMILES string of the molecule is NC(=O)CONC1CCc2ccccc2C1. The van der Waals surface area contributed by atoms with Crippen LogP contribution in [0.5, 0.6) is 0 Å². The van der Waals surface area contributed by atoms with Gasteiger partial charge in [-0.25, -0.2) is 0 Å². The molecule has 4 nitrogen and oxygen atoms in total. The van der Waals surface area contributed by atoms with Gasteiger partial charge >= 0.3 is 0 Å². The summed E-state index contributed by atoms with van der Waals surface area (Å²) in [7, 11) is 0. The highest BCUT2D eigenvalue weighted by atomic mass is 16.6. The van der Waals surface area contributed by atoms with Crippen LogP contribution in [0, 0.1) is 0 Å². The standard InChI is InChI=1S/C12H16N2O2/c13-12(15)8-16-14-11-6-5-9-3-1-2-4-10(9)7-11/h1-4,11,14H,5-8H2,(H2,13,15). The van der Waals surface area contributed by atoms with Crippen molar-refractivity contribution in [2.75, 3.05) is 6.61 Å². The second-order valence-corrected chi connectivity index (χ2v) is 4.08. The highest BCUT2D eigenvalue weighted by molar-refractivity contribution is 5.74. The molecule has 0 radical (unpaired) electrons. The van der Waals surface area contributed by atoms with E-state index in [9.17, 15) is 4.79 Å². The Hall–Kier alpha value is -1.39. The van der Waals surface area contributed by atoms with E-state index in [0.717, 1.165) is 19.3 Å². The van der Waals surface area contributed by atoms with Crippen molar-refractivity contribution < 1.29 is 9.63 Å². The number of rotatable bonds is 4. The summed E-state index contributed by atoms with van der Waals surface area (Å²) in [4.78, 5) is 15.5. The van der Waals surface area contributed by atoms with Gasteiger partial charge in [0.1, 0.15) is 6.61 Å². The topological polar surface area (TPSA) is 64.4 Å². The molecule has 0 bridgehead atoms. The number of primary amides is 1. The van der Waals surface area contributed by atoms with Gasteiger partial charge in [-0.05, 0) is 30.4 Å². The maximum atomic E-state index is 10.5. The second kappa shape index (κ2) is 5.09. The number of hydroxylamine groups is 1. The van der Waals surface area contributed by atoms with Crippen LogP contribution in [0.4, 0.5) is 0 Å². The van der Waals surface area contributed by atoms with Crippen LogP contribution in [0.25, 0.3) is 0 Å². The molecule has 0 spiro atoms. The summed E-state index contributed by atoms with van der Waals surface area (Å²) >= 11 is 0. The van der Waals surface area contributed by atoms with Crippen molar-refractivity contribution in [3.63, 3.8) is 0 Å². The molecule has 3 N–H and O–H groups in total. The molecule has 1 unspecified atom stereocenters. The van der Waals surface area contributed by atoms with Gasteiger partial charge in [-0.2, -0.15) is 5.48 Å². The lowest BCUT2D eigenvalue weighted by molar-refractivity contribution is -0.126. The number of nitrogens with one attached hydrogen (secondary N) is 1. The van der Waals surface area contributed by atoms with E-state index in [0.29, 0.717) is 0 Å². The van der Waals surface area contributed by atoms with Crippen LogP contribution >= 0.6 is 0 Å². The monoisotopic (exact) mass is 220 g/mol. The smallest absolute Gasteiger partial charge is 0.245 e. The van der Waals surface area contributed by atoms with Gasteiger partial charge < -0.3 is 5.73 Å². The molecule has 16 heavy (non-hydrogen) atoms. The number of hydrogen-bond acceptors (Lipinski definition) is 3. The van der Waals surface area contributed by atoms with Crippen LogP contribution in [-0.2, 0) is 22.5 Å². The molecule has 0 heterocycles. The zero-order valence-corrected chi connectivity index (χ0v) is 9.11. The Morgan fingerprint density at radius 3 is 2.94 bits per heavy atom. The number of nitrogens with two attached hydrogens (primary N) is 1. The third-order valence-corrected chi connectivity index (χ3v) is 2.81. The largest absolute Gasteiger partial charge is 0.368 e. The van der Waals surface area contributed by atoms with Crippen LogP contribution < -0.4 is 11.2 Å². The molecule has 0 saturated carbocycles. The first-order valence-electron chi connectivity index (χ1n) is 5.48. The van der Waals surface area contributed by atoms with E-state index in [4.69, 9.17) is 10.6 Å². The van der Waals surface area contributed by atoms with E-state index in [1.807, 2.05) is 6.07 Å². The van der Waals surface area contributed by atoms with Crippen LogP contribution in [0.1, 0.15) is 17.5 Å². The minimum absolute atomic E-state index is 0.0713. The number of aryl methyl sites for hydroxylation is 1. The molecule has 0 aromatic heterocycles. The summed E-state index contributed by atoms with van der Waals surface area (Å²) in [5.41, 5.74) is 10.6. The average Bonchev–Trinajstić information content (AvgIpc) is 2.28. The Bertz CT molecular complexity index is 379. The molecule has 1 atom stereocenters. The van der Waals surface area contributed by atoms with Crippen molar-refractivity contribution in [1.82, 2.24) is 5.48 Å². The fourth-order valence-electron chi connectivity index (χ4n) is 2.03. The Kier molecular flexibility index (Phi) is 3.54. The minimum Gasteiger partial charge on any atom is -0.368 e. The van der Waals surface area contributed by atoms with Crippen LogP contribution in [0.2, 0.25) is 0 Å². The summed E-state index contributed by atoms with van der Waals surface area (Å²) in [5, 5.41) is 0. The van der Waals surface area contributed by atoms with E-state index >= 15 is 0 Å².